The molecule has 2 aliphatic rings. The van der Waals surface area contributed by atoms with Crippen LogP contribution in [0.1, 0.15) is 58.3 Å². The number of rotatable bonds is 24. The number of methoxy groups -OCH3 is 1. The molecular formula is C35H56FN7O7. The molecular weight excluding hydrogens is 649 g/mol. The number of carbonyl (C=O) groups is 1. The van der Waals surface area contributed by atoms with Gasteiger partial charge in [0.2, 0.25) is 17.8 Å². The van der Waals surface area contributed by atoms with E-state index in [4.69, 9.17) is 38.4 Å². The lowest BCUT2D eigenvalue weighted by molar-refractivity contribution is -0.135. The molecule has 14 nitrogen and oxygen atoms in total. The van der Waals surface area contributed by atoms with Crippen molar-refractivity contribution < 1.29 is 37.6 Å². The van der Waals surface area contributed by atoms with Crippen LogP contribution in [0.3, 0.4) is 0 Å². The number of esters is 1. The fourth-order valence-corrected chi connectivity index (χ4v) is 6.06. The van der Waals surface area contributed by atoms with Crippen LogP contribution in [0.25, 0.3) is 0 Å². The van der Waals surface area contributed by atoms with Gasteiger partial charge in [-0.3, -0.25) is 9.69 Å². The Kier molecular flexibility index (Phi) is 17.9. The Morgan fingerprint density at radius 2 is 1.54 bits per heavy atom. The summed E-state index contributed by atoms with van der Waals surface area (Å²) in [5, 5.41) is 6.56. The molecule has 2 N–H and O–H groups in total. The second kappa shape index (κ2) is 22.6. The summed E-state index contributed by atoms with van der Waals surface area (Å²) >= 11 is 0. The Morgan fingerprint density at radius 3 is 2.20 bits per heavy atom. The van der Waals surface area contributed by atoms with Crippen molar-refractivity contribution in [1.29, 1.82) is 0 Å². The number of nitrogens with one attached hydrogen (secondary N) is 2. The monoisotopic (exact) mass is 705 g/mol. The van der Waals surface area contributed by atoms with Gasteiger partial charge in [-0.25, -0.2) is 4.39 Å². The zero-order valence-electron chi connectivity index (χ0n) is 30.0. The minimum absolute atomic E-state index is 0.0274. The summed E-state index contributed by atoms with van der Waals surface area (Å²) in [6.45, 7) is 8.81. The molecule has 0 radical (unpaired) electrons. The Hall–Kier alpha value is -3.21. The molecule has 0 bridgehead atoms. The number of nitrogens with zero attached hydrogens (tertiary/aromatic N) is 5. The fraction of sp³-hybridized carbons (Fsp3) is 0.714. The molecule has 1 unspecified atom stereocenters. The first-order valence-corrected chi connectivity index (χ1v) is 18.0. The van der Waals surface area contributed by atoms with E-state index in [2.05, 4.69) is 32.3 Å². The molecule has 0 spiro atoms. The highest BCUT2D eigenvalue weighted by Gasteiger charge is 2.25. The van der Waals surface area contributed by atoms with Gasteiger partial charge in [-0.1, -0.05) is 26.2 Å². The second-order valence-corrected chi connectivity index (χ2v) is 12.4. The van der Waals surface area contributed by atoms with Crippen molar-refractivity contribution in [3.8, 4) is 5.75 Å². The van der Waals surface area contributed by atoms with Crippen molar-refractivity contribution in [3.05, 3.63) is 24.0 Å². The van der Waals surface area contributed by atoms with Crippen molar-refractivity contribution in [3.63, 3.8) is 0 Å². The van der Waals surface area contributed by atoms with Crippen LogP contribution in [0.4, 0.5) is 27.9 Å². The van der Waals surface area contributed by atoms with Crippen molar-refractivity contribution in [2.75, 3.05) is 109 Å². The summed E-state index contributed by atoms with van der Waals surface area (Å²) in [5.74, 6) is -0.0956. The molecule has 2 heterocycles. The standard InChI is InChI=1S/C35H56FN7O7/c1-4-43-15-8-11-29(43)26-37-33-39-34(41-35(40-33)42(2)28-9-6-5-7-10-28)38-27-12-13-31(30(36)25-27)50-32(44)14-16-46-19-20-48-23-24-49-22-21-47-18-17-45-3/h12-13,25,28-29H,4-11,14-24,26H2,1-3H3,(H2,37,38,39,40,41). The number of hydrogen-bond donors (Lipinski definition) is 2. The van der Waals surface area contributed by atoms with Gasteiger partial charge in [-0.2, -0.15) is 15.0 Å². The molecule has 2 aromatic rings. The lowest BCUT2D eigenvalue weighted by atomic mass is 9.95. The zero-order chi connectivity index (χ0) is 35.4. The predicted octanol–water partition coefficient (Wildman–Crippen LogP) is 4.43. The van der Waals surface area contributed by atoms with E-state index >= 15 is 4.39 Å². The van der Waals surface area contributed by atoms with Gasteiger partial charge in [-0.15, -0.1) is 0 Å². The van der Waals surface area contributed by atoms with Gasteiger partial charge in [0, 0.05) is 44.5 Å². The van der Waals surface area contributed by atoms with Crippen molar-refractivity contribution in [2.45, 2.75) is 70.4 Å². The summed E-state index contributed by atoms with van der Waals surface area (Å²) < 4.78 is 46.8. The lowest BCUT2D eigenvalue weighted by Crippen LogP contribution is -2.36. The largest absolute Gasteiger partial charge is 0.423 e. The molecule has 1 aliphatic heterocycles. The van der Waals surface area contributed by atoms with E-state index < -0.39 is 11.8 Å². The van der Waals surface area contributed by atoms with Crippen LogP contribution in [0.5, 0.6) is 5.75 Å². The molecule has 50 heavy (non-hydrogen) atoms. The number of carbonyl (C=O) groups excluding carboxylic acids is 1. The minimum atomic E-state index is -0.686. The Morgan fingerprint density at radius 1 is 0.880 bits per heavy atom. The third-order valence-corrected chi connectivity index (χ3v) is 8.87. The quantitative estimate of drug-likeness (QED) is 0.0904. The summed E-state index contributed by atoms with van der Waals surface area (Å²) in [5.41, 5.74) is 0.419. The van der Waals surface area contributed by atoms with Gasteiger partial charge < -0.3 is 44.0 Å². The first kappa shape index (κ1) is 39.6. The number of likely N-dealkylation sites (tertiary alicyclic amines) is 1. The number of hydrogen-bond acceptors (Lipinski definition) is 14. The van der Waals surface area contributed by atoms with Crippen LogP contribution in [-0.2, 0) is 28.5 Å². The Labute approximate surface area is 295 Å². The van der Waals surface area contributed by atoms with Gasteiger partial charge in [0.15, 0.2) is 11.6 Å². The van der Waals surface area contributed by atoms with Gasteiger partial charge in [0.1, 0.15) is 0 Å². The fourth-order valence-electron chi connectivity index (χ4n) is 6.06. The maximum atomic E-state index is 15.0. The molecule has 15 heteroatoms. The minimum Gasteiger partial charge on any atom is -0.423 e. The summed E-state index contributed by atoms with van der Waals surface area (Å²) in [6, 6.07) is 5.07. The highest BCUT2D eigenvalue weighted by molar-refractivity contribution is 5.73. The van der Waals surface area contributed by atoms with Crippen LogP contribution >= 0.6 is 0 Å². The number of aromatic nitrogens is 3. The van der Waals surface area contributed by atoms with E-state index in [0.29, 0.717) is 88.5 Å². The summed E-state index contributed by atoms with van der Waals surface area (Å²) in [7, 11) is 3.65. The maximum absolute atomic E-state index is 15.0. The van der Waals surface area contributed by atoms with Crippen molar-refractivity contribution in [1.82, 2.24) is 19.9 Å². The Bertz CT molecular complexity index is 1270. The molecule has 280 valence electrons. The Balaban J connectivity index is 1.21. The molecule has 1 saturated carbocycles. The van der Waals surface area contributed by atoms with Gasteiger partial charge in [0.25, 0.3) is 0 Å². The van der Waals surface area contributed by atoms with E-state index in [1.54, 1.807) is 13.2 Å². The first-order valence-electron chi connectivity index (χ1n) is 18.0. The molecule has 4 rings (SSSR count). The summed E-state index contributed by atoms with van der Waals surface area (Å²) in [6.07, 6.45) is 8.11. The number of benzene rings is 1. The van der Waals surface area contributed by atoms with Gasteiger partial charge in [0.05, 0.1) is 65.9 Å². The molecule has 1 aliphatic carbocycles. The van der Waals surface area contributed by atoms with Gasteiger partial charge >= 0.3 is 5.97 Å². The van der Waals surface area contributed by atoms with Crippen LogP contribution in [0.2, 0.25) is 0 Å². The molecule has 2 fully saturated rings. The topological polar surface area (TPSA) is 142 Å². The number of ether oxygens (including phenoxy) is 6. The molecule has 1 atom stereocenters. The number of halogens is 1. The van der Waals surface area contributed by atoms with Crippen LogP contribution < -0.4 is 20.3 Å². The van der Waals surface area contributed by atoms with E-state index in [1.165, 1.54) is 37.8 Å². The zero-order valence-corrected chi connectivity index (χ0v) is 30.0. The highest BCUT2D eigenvalue weighted by Crippen LogP contribution is 2.27. The van der Waals surface area contributed by atoms with E-state index in [9.17, 15) is 4.79 Å². The third kappa shape index (κ3) is 13.8. The average molecular weight is 706 g/mol. The maximum Gasteiger partial charge on any atom is 0.313 e. The SMILES string of the molecule is CCN1CCCC1CNc1nc(Nc2ccc(OC(=O)CCOCCOCCOCCOCCOC)c(F)c2)nc(N(C)C2CCCCC2)n1. The van der Waals surface area contributed by atoms with Crippen molar-refractivity contribution in [2.24, 2.45) is 0 Å². The van der Waals surface area contributed by atoms with E-state index in [1.807, 2.05) is 7.05 Å². The lowest BCUT2D eigenvalue weighted by Gasteiger charge is -2.31. The predicted molar refractivity (Wildman–Crippen MR) is 189 cm³/mol. The molecule has 1 saturated heterocycles. The third-order valence-electron chi connectivity index (χ3n) is 8.87. The average Bonchev–Trinajstić information content (AvgIpc) is 3.60. The van der Waals surface area contributed by atoms with Gasteiger partial charge in [-0.05, 0) is 50.9 Å². The molecule has 0 amide bonds. The van der Waals surface area contributed by atoms with Crippen LogP contribution in [-0.4, -0.2) is 131 Å². The molecule has 1 aromatic carbocycles. The van der Waals surface area contributed by atoms with E-state index in [0.717, 1.165) is 38.9 Å². The summed E-state index contributed by atoms with van der Waals surface area (Å²) in [4.78, 5) is 31.0. The molecule has 1 aromatic heterocycles. The number of anilines is 4. The van der Waals surface area contributed by atoms with E-state index in [-0.39, 0.29) is 18.8 Å². The smallest absolute Gasteiger partial charge is 0.313 e. The van der Waals surface area contributed by atoms with Crippen LogP contribution in [0, 0.1) is 5.82 Å². The highest BCUT2D eigenvalue weighted by atomic mass is 19.1. The van der Waals surface area contributed by atoms with Crippen LogP contribution in [0.15, 0.2) is 18.2 Å². The second-order valence-electron chi connectivity index (χ2n) is 12.4. The van der Waals surface area contributed by atoms with Crippen molar-refractivity contribution >= 4 is 29.5 Å². The normalized spacial score (nSPS) is 16.8. The number of likely N-dealkylation sites (N-methyl/N-ethyl adjacent to an activating group) is 1. The first-order chi connectivity index (χ1) is 24.5.